The van der Waals surface area contributed by atoms with Gasteiger partial charge < -0.3 is 10.6 Å². The lowest BCUT2D eigenvalue weighted by molar-refractivity contribution is 0.0174. The predicted octanol–water partition coefficient (Wildman–Crippen LogP) is 3.07. The van der Waals surface area contributed by atoms with E-state index in [0.717, 1.165) is 25.6 Å². The Morgan fingerprint density at radius 1 is 1.11 bits per heavy atom. The van der Waals surface area contributed by atoms with Gasteiger partial charge in [-0.05, 0) is 36.2 Å². The molecule has 0 amide bonds. The maximum Gasteiger partial charge on any atom is 0.191 e. The maximum atomic E-state index is 4.91. The Hall–Kier alpha value is -1.38. The SMILES string of the molecule is CCNC(=NCC1CN2CCN1CC2)NC(C)c1ccc2ccccc2c1.I. The van der Waals surface area contributed by atoms with Crippen molar-refractivity contribution in [1.29, 1.82) is 0 Å². The number of nitrogens with zero attached hydrogens (tertiary/aromatic N) is 3. The first-order valence-electron chi connectivity index (χ1n) is 10.2. The number of halogens is 1. The molecule has 28 heavy (non-hydrogen) atoms. The van der Waals surface area contributed by atoms with Crippen LogP contribution in [0, 0.1) is 0 Å². The smallest absolute Gasteiger partial charge is 0.191 e. The molecule has 0 saturated carbocycles. The third kappa shape index (κ3) is 4.96. The van der Waals surface area contributed by atoms with Crippen LogP contribution in [0.5, 0.6) is 0 Å². The summed E-state index contributed by atoms with van der Waals surface area (Å²) in [5, 5.41) is 9.57. The van der Waals surface area contributed by atoms with E-state index >= 15 is 0 Å². The summed E-state index contributed by atoms with van der Waals surface area (Å²) in [4.78, 5) is 10.1. The van der Waals surface area contributed by atoms with E-state index in [1.807, 2.05) is 0 Å². The van der Waals surface area contributed by atoms with Gasteiger partial charge in [0.05, 0.1) is 12.6 Å². The van der Waals surface area contributed by atoms with E-state index in [0.29, 0.717) is 6.04 Å². The maximum absolute atomic E-state index is 4.91. The summed E-state index contributed by atoms with van der Waals surface area (Å²) in [5.41, 5.74) is 1.28. The molecule has 0 aliphatic carbocycles. The average Bonchev–Trinajstić information content (AvgIpc) is 2.72. The molecule has 0 radical (unpaired) electrons. The number of piperazine rings is 3. The number of rotatable bonds is 5. The van der Waals surface area contributed by atoms with Crippen molar-refractivity contribution in [2.24, 2.45) is 4.99 Å². The van der Waals surface area contributed by atoms with E-state index in [1.54, 1.807) is 0 Å². The molecule has 2 aromatic rings. The summed E-state index contributed by atoms with van der Waals surface area (Å²) < 4.78 is 0. The molecule has 2 unspecified atom stereocenters. The minimum Gasteiger partial charge on any atom is -0.357 e. The molecule has 2 aromatic carbocycles. The van der Waals surface area contributed by atoms with E-state index in [2.05, 4.69) is 76.7 Å². The molecule has 3 saturated heterocycles. The van der Waals surface area contributed by atoms with Gasteiger partial charge in [0.1, 0.15) is 0 Å². The van der Waals surface area contributed by atoms with Crippen LogP contribution in [0.2, 0.25) is 0 Å². The number of hydrogen-bond donors (Lipinski definition) is 2. The summed E-state index contributed by atoms with van der Waals surface area (Å²) in [6.07, 6.45) is 0. The predicted molar refractivity (Wildman–Crippen MR) is 129 cm³/mol. The highest BCUT2D eigenvalue weighted by Gasteiger charge is 2.31. The molecule has 5 rings (SSSR count). The lowest BCUT2D eigenvalue weighted by atomic mass is 10.0. The van der Waals surface area contributed by atoms with Gasteiger partial charge in [-0.3, -0.25) is 14.8 Å². The number of nitrogens with one attached hydrogen (secondary N) is 2. The van der Waals surface area contributed by atoms with E-state index in [9.17, 15) is 0 Å². The molecule has 2 bridgehead atoms. The fraction of sp³-hybridized carbons (Fsp3) is 0.500. The van der Waals surface area contributed by atoms with Gasteiger partial charge in [-0.2, -0.15) is 0 Å². The molecule has 152 valence electrons. The van der Waals surface area contributed by atoms with E-state index in [-0.39, 0.29) is 30.0 Å². The molecule has 3 aliphatic heterocycles. The molecule has 2 N–H and O–H groups in total. The standard InChI is InChI=1S/C22H31N5.HI/c1-3-23-22(24-15-21-16-26-10-12-27(21)13-11-26)25-17(2)19-9-8-18-6-4-5-7-20(18)14-19;/h4-9,14,17,21H,3,10-13,15-16H2,1-2H3,(H2,23,24,25);1H. The Kier molecular flexibility index (Phi) is 7.54. The first kappa shape index (κ1) is 21.3. The van der Waals surface area contributed by atoms with Crippen molar-refractivity contribution in [3.8, 4) is 0 Å². The van der Waals surface area contributed by atoms with Gasteiger partial charge in [-0.1, -0.05) is 36.4 Å². The van der Waals surface area contributed by atoms with Crippen LogP contribution in [0.1, 0.15) is 25.5 Å². The highest BCUT2D eigenvalue weighted by molar-refractivity contribution is 14.0. The molecule has 0 aromatic heterocycles. The van der Waals surface area contributed by atoms with E-state index in [1.165, 1.54) is 42.5 Å². The van der Waals surface area contributed by atoms with Crippen LogP contribution in [0.4, 0.5) is 0 Å². The largest absolute Gasteiger partial charge is 0.357 e. The second kappa shape index (κ2) is 9.89. The summed E-state index contributed by atoms with van der Waals surface area (Å²) in [7, 11) is 0. The zero-order chi connectivity index (χ0) is 18.6. The van der Waals surface area contributed by atoms with Gasteiger partial charge in [-0.25, -0.2) is 0 Å². The van der Waals surface area contributed by atoms with Gasteiger partial charge in [0.2, 0.25) is 0 Å². The van der Waals surface area contributed by atoms with Crippen LogP contribution in [0.15, 0.2) is 47.5 Å². The minimum atomic E-state index is 0. The quantitative estimate of drug-likeness (QED) is 0.382. The van der Waals surface area contributed by atoms with Crippen molar-refractivity contribution in [3.05, 3.63) is 48.0 Å². The molecular weight excluding hydrogens is 461 g/mol. The summed E-state index contributed by atoms with van der Waals surface area (Å²) in [6, 6.07) is 16.0. The molecule has 3 aliphatic rings. The fourth-order valence-corrected chi connectivity index (χ4v) is 4.18. The average molecular weight is 493 g/mol. The minimum absolute atomic E-state index is 0. The van der Waals surface area contributed by atoms with Crippen LogP contribution in [0.25, 0.3) is 10.8 Å². The number of benzene rings is 2. The van der Waals surface area contributed by atoms with Crippen molar-refractivity contribution in [2.45, 2.75) is 25.9 Å². The first-order valence-corrected chi connectivity index (χ1v) is 10.2. The lowest BCUT2D eigenvalue weighted by Crippen LogP contribution is -2.62. The number of guanidine groups is 1. The topological polar surface area (TPSA) is 42.9 Å². The van der Waals surface area contributed by atoms with E-state index in [4.69, 9.17) is 4.99 Å². The summed E-state index contributed by atoms with van der Waals surface area (Å²) >= 11 is 0. The van der Waals surface area contributed by atoms with Crippen molar-refractivity contribution in [1.82, 2.24) is 20.4 Å². The highest BCUT2D eigenvalue weighted by Crippen LogP contribution is 2.20. The first-order chi connectivity index (χ1) is 13.2. The fourth-order valence-electron chi connectivity index (χ4n) is 4.18. The molecule has 3 heterocycles. The second-order valence-corrected chi connectivity index (χ2v) is 7.68. The lowest BCUT2D eigenvalue weighted by Gasteiger charge is -2.47. The monoisotopic (exact) mass is 493 g/mol. The number of fused-ring (bicyclic) bond motifs is 4. The van der Waals surface area contributed by atoms with Crippen LogP contribution in [-0.2, 0) is 0 Å². The Morgan fingerprint density at radius 3 is 2.54 bits per heavy atom. The van der Waals surface area contributed by atoms with Crippen molar-refractivity contribution >= 4 is 40.7 Å². The summed E-state index contributed by atoms with van der Waals surface area (Å²) in [6.45, 7) is 12.0. The third-order valence-corrected chi connectivity index (χ3v) is 5.82. The zero-order valence-electron chi connectivity index (χ0n) is 16.9. The number of aliphatic imine (C=N–C) groups is 1. The Morgan fingerprint density at radius 2 is 1.86 bits per heavy atom. The van der Waals surface area contributed by atoms with Gasteiger partial charge >= 0.3 is 0 Å². The third-order valence-electron chi connectivity index (χ3n) is 5.82. The van der Waals surface area contributed by atoms with Crippen LogP contribution in [0.3, 0.4) is 0 Å². The Bertz CT molecular complexity index is 800. The highest BCUT2D eigenvalue weighted by atomic mass is 127. The Labute approximate surface area is 185 Å². The summed E-state index contributed by atoms with van der Waals surface area (Å²) in [5.74, 6) is 0.913. The number of hydrogen-bond acceptors (Lipinski definition) is 3. The van der Waals surface area contributed by atoms with Crippen LogP contribution in [-0.4, -0.2) is 67.6 Å². The van der Waals surface area contributed by atoms with Gasteiger partial charge in [0.15, 0.2) is 5.96 Å². The van der Waals surface area contributed by atoms with Crippen LogP contribution >= 0.6 is 24.0 Å². The normalized spacial score (nSPS) is 25.2. The van der Waals surface area contributed by atoms with Gasteiger partial charge in [-0.15, -0.1) is 24.0 Å². The van der Waals surface area contributed by atoms with Crippen molar-refractivity contribution < 1.29 is 0 Å². The van der Waals surface area contributed by atoms with Crippen LogP contribution < -0.4 is 10.6 Å². The van der Waals surface area contributed by atoms with Crippen molar-refractivity contribution in [3.63, 3.8) is 0 Å². The molecular formula is C22H32IN5. The van der Waals surface area contributed by atoms with E-state index < -0.39 is 0 Å². The second-order valence-electron chi connectivity index (χ2n) is 7.68. The van der Waals surface area contributed by atoms with Crippen molar-refractivity contribution in [2.75, 3.05) is 45.8 Å². The Balaban J connectivity index is 0.00000225. The molecule has 2 atom stereocenters. The molecule has 0 spiro atoms. The molecule has 5 nitrogen and oxygen atoms in total. The molecule has 3 fully saturated rings. The van der Waals surface area contributed by atoms with Gasteiger partial charge in [0, 0.05) is 45.3 Å². The zero-order valence-corrected chi connectivity index (χ0v) is 19.2. The molecule has 6 heteroatoms. The van der Waals surface area contributed by atoms with Gasteiger partial charge in [0.25, 0.3) is 0 Å².